The van der Waals surface area contributed by atoms with Gasteiger partial charge in [0.05, 0.1) is 24.1 Å². The lowest BCUT2D eigenvalue weighted by Gasteiger charge is -2.33. The number of aromatic nitrogens is 4. The first kappa shape index (κ1) is 20.7. The van der Waals surface area contributed by atoms with Gasteiger partial charge in [-0.3, -0.25) is 4.68 Å². The van der Waals surface area contributed by atoms with Crippen LogP contribution in [0.4, 0.5) is 11.8 Å². The van der Waals surface area contributed by atoms with E-state index in [0.29, 0.717) is 17.8 Å². The van der Waals surface area contributed by atoms with Gasteiger partial charge < -0.3 is 10.2 Å². The van der Waals surface area contributed by atoms with Crippen LogP contribution in [0.25, 0.3) is 0 Å². The topological polar surface area (TPSA) is 71.2 Å². The van der Waals surface area contributed by atoms with Gasteiger partial charge >= 0.3 is 0 Å². The molecule has 0 amide bonds. The number of anilines is 2. The van der Waals surface area contributed by atoms with Crippen LogP contribution < -0.4 is 5.32 Å². The SMILES string of the molecule is Cc1cnc(Nc2ccnn2C)nc1C1=NC2=CC(Cc3cccc(Cl)c3)[C@H](C)CN2C1. The second-order valence-electron chi connectivity index (χ2n) is 8.63. The first-order chi connectivity index (χ1) is 15.5. The summed E-state index contributed by atoms with van der Waals surface area (Å²) >= 11 is 6.19. The Bertz CT molecular complexity index is 1210. The maximum Gasteiger partial charge on any atom is 0.228 e. The first-order valence-electron chi connectivity index (χ1n) is 10.8. The molecule has 4 heterocycles. The highest BCUT2D eigenvalue weighted by molar-refractivity contribution is 6.30. The number of nitrogens with zero attached hydrogens (tertiary/aromatic N) is 6. The van der Waals surface area contributed by atoms with Crippen LogP contribution in [0.15, 0.2) is 59.6 Å². The fourth-order valence-electron chi connectivity index (χ4n) is 4.38. The average Bonchev–Trinajstić information content (AvgIpc) is 3.35. The average molecular weight is 448 g/mol. The highest BCUT2D eigenvalue weighted by Crippen LogP contribution is 2.32. The van der Waals surface area contributed by atoms with E-state index in [0.717, 1.165) is 53.1 Å². The van der Waals surface area contributed by atoms with Crippen LogP contribution in [0, 0.1) is 18.8 Å². The predicted molar refractivity (Wildman–Crippen MR) is 127 cm³/mol. The van der Waals surface area contributed by atoms with E-state index >= 15 is 0 Å². The predicted octanol–water partition coefficient (Wildman–Crippen LogP) is 4.37. The molecule has 0 radical (unpaired) electrons. The van der Waals surface area contributed by atoms with Crippen molar-refractivity contribution in [3.8, 4) is 0 Å². The smallest absolute Gasteiger partial charge is 0.228 e. The van der Waals surface area contributed by atoms with Crippen molar-refractivity contribution in [2.75, 3.05) is 18.4 Å². The molecule has 7 nitrogen and oxygen atoms in total. The van der Waals surface area contributed by atoms with Crippen molar-refractivity contribution in [2.24, 2.45) is 23.9 Å². The quantitative estimate of drug-likeness (QED) is 0.628. The van der Waals surface area contributed by atoms with E-state index in [1.165, 1.54) is 5.56 Å². The number of aliphatic imine (C=N–C) groups is 1. The first-order valence-corrected chi connectivity index (χ1v) is 11.2. The molecule has 2 aliphatic rings. The number of aryl methyl sites for hydroxylation is 2. The van der Waals surface area contributed by atoms with Gasteiger partial charge in [0.1, 0.15) is 11.6 Å². The van der Waals surface area contributed by atoms with Crippen LogP contribution in [-0.4, -0.2) is 43.4 Å². The molecule has 5 rings (SSSR count). The summed E-state index contributed by atoms with van der Waals surface area (Å²) in [6.07, 6.45) is 6.87. The fraction of sp³-hybridized carbons (Fsp3) is 0.333. The maximum atomic E-state index is 6.19. The van der Waals surface area contributed by atoms with Gasteiger partial charge in [0, 0.05) is 30.9 Å². The third-order valence-corrected chi connectivity index (χ3v) is 6.42. The van der Waals surface area contributed by atoms with Crippen LogP contribution in [0.1, 0.15) is 23.7 Å². The largest absolute Gasteiger partial charge is 0.351 e. The van der Waals surface area contributed by atoms with E-state index in [9.17, 15) is 0 Å². The van der Waals surface area contributed by atoms with Gasteiger partial charge in [-0.05, 0) is 54.5 Å². The summed E-state index contributed by atoms with van der Waals surface area (Å²) < 4.78 is 1.75. The van der Waals surface area contributed by atoms with Gasteiger partial charge in [-0.25, -0.2) is 15.0 Å². The molecule has 1 N–H and O–H groups in total. The minimum absolute atomic E-state index is 0.427. The number of fused-ring (bicyclic) bond motifs is 1. The van der Waals surface area contributed by atoms with Crippen molar-refractivity contribution in [2.45, 2.75) is 20.3 Å². The Labute approximate surface area is 192 Å². The Morgan fingerprint density at radius 3 is 2.91 bits per heavy atom. The Kier molecular flexibility index (Phi) is 5.43. The third-order valence-electron chi connectivity index (χ3n) is 6.18. The monoisotopic (exact) mass is 447 g/mol. The highest BCUT2D eigenvalue weighted by atomic mass is 35.5. The molecule has 1 unspecified atom stereocenters. The van der Waals surface area contributed by atoms with E-state index in [4.69, 9.17) is 21.6 Å². The normalized spacial score (nSPS) is 20.1. The zero-order chi connectivity index (χ0) is 22.2. The lowest BCUT2D eigenvalue weighted by atomic mass is 9.85. The van der Waals surface area contributed by atoms with Crippen LogP contribution >= 0.6 is 11.6 Å². The molecule has 0 saturated heterocycles. The Hall–Kier alpha value is -3.19. The van der Waals surface area contributed by atoms with Gasteiger partial charge in [0.2, 0.25) is 5.95 Å². The molecule has 8 heteroatoms. The van der Waals surface area contributed by atoms with Crippen LogP contribution in [-0.2, 0) is 13.5 Å². The zero-order valence-corrected chi connectivity index (χ0v) is 19.2. The number of benzene rings is 1. The number of hydrogen-bond donors (Lipinski definition) is 1. The minimum atomic E-state index is 0.427. The molecular weight excluding hydrogens is 422 g/mol. The van der Waals surface area contributed by atoms with Crippen molar-refractivity contribution < 1.29 is 0 Å². The van der Waals surface area contributed by atoms with E-state index in [-0.39, 0.29) is 0 Å². The Balaban J connectivity index is 1.39. The molecular formula is C24H26ClN7. The molecule has 3 aromatic rings. The molecule has 164 valence electrons. The maximum absolute atomic E-state index is 6.19. The molecule has 0 aliphatic carbocycles. The zero-order valence-electron chi connectivity index (χ0n) is 18.5. The minimum Gasteiger partial charge on any atom is -0.351 e. The number of halogens is 1. The summed E-state index contributed by atoms with van der Waals surface area (Å²) in [5, 5.41) is 8.21. The summed E-state index contributed by atoms with van der Waals surface area (Å²) in [4.78, 5) is 16.6. The van der Waals surface area contributed by atoms with Crippen molar-refractivity contribution in [1.82, 2.24) is 24.6 Å². The van der Waals surface area contributed by atoms with E-state index in [1.807, 2.05) is 38.4 Å². The van der Waals surface area contributed by atoms with Crippen molar-refractivity contribution in [3.05, 3.63) is 76.5 Å². The van der Waals surface area contributed by atoms with E-state index in [2.05, 4.69) is 45.4 Å². The number of allylic oxidation sites excluding steroid dienone is 1. The molecule has 0 saturated carbocycles. The number of rotatable bonds is 5. The van der Waals surface area contributed by atoms with E-state index < -0.39 is 0 Å². The van der Waals surface area contributed by atoms with Gasteiger partial charge in [0.15, 0.2) is 0 Å². The Morgan fingerprint density at radius 1 is 1.25 bits per heavy atom. The number of hydrogen-bond acceptors (Lipinski definition) is 6. The van der Waals surface area contributed by atoms with Crippen molar-refractivity contribution in [3.63, 3.8) is 0 Å². The summed E-state index contributed by atoms with van der Waals surface area (Å²) in [5.41, 5.74) is 4.15. The molecule has 2 atom stereocenters. The van der Waals surface area contributed by atoms with Gasteiger partial charge in [-0.1, -0.05) is 30.7 Å². The fourth-order valence-corrected chi connectivity index (χ4v) is 4.59. The second kappa shape index (κ2) is 8.39. The number of nitrogens with one attached hydrogen (secondary N) is 1. The molecule has 0 bridgehead atoms. The molecule has 2 aliphatic heterocycles. The van der Waals surface area contributed by atoms with Gasteiger partial charge in [0.25, 0.3) is 0 Å². The van der Waals surface area contributed by atoms with Crippen LogP contribution in [0.3, 0.4) is 0 Å². The van der Waals surface area contributed by atoms with Gasteiger partial charge in [-0.2, -0.15) is 5.10 Å². The van der Waals surface area contributed by atoms with E-state index in [1.54, 1.807) is 10.9 Å². The highest BCUT2D eigenvalue weighted by Gasteiger charge is 2.32. The summed E-state index contributed by atoms with van der Waals surface area (Å²) in [5.74, 6) is 3.38. The standard InChI is InChI=1S/C24H26ClN7/c1-15-12-26-24(29-21-7-8-27-31(21)3)30-23(15)20-14-32-13-16(2)18(11-22(32)28-20)9-17-5-4-6-19(25)10-17/h4-8,10-12,16,18H,9,13-14H2,1-3H3,(H,26,29,30)/t16-,18?/m1/s1. The molecule has 1 aromatic carbocycles. The lowest BCUT2D eigenvalue weighted by molar-refractivity contribution is 0.259. The Morgan fingerprint density at radius 2 is 2.12 bits per heavy atom. The summed E-state index contributed by atoms with van der Waals surface area (Å²) in [6, 6.07) is 10.0. The summed E-state index contributed by atoms with van der Waals surface area (Å²) in [7, 11) is 1.88. The molecule has 2 aromatic heterocycles. The van der Waals surface area contributed by atoms with Crippen molar-refractivity contribution >= 4 is 29.1 Å². The molecule has 0 fully saturated rings. The van der Waals surface area contributed by atoms with Crippen LogP contribution in [0.5, 0.6) is 0 Å². The summed E-state index contributed by atoms with van der Waals surface area (Å²) in [6.45, 7) is 6.09. The third kappa shape index (κ3) is 4.12. The second-order valence-corrected chi connectivity index (χ2v) is 9.07. The lowest BCUT2D eigenvalue weighted by Crippen LogP contribution is -2.35. The van der Waals surface area contributed by atoms with Crippen molar-refractivity contribution in [1.29, 1.82) is 0 Å². The molecule has 32 heavy (non-hydrogen) atoms. The molecule has 0 spiro atoms. The van der Waals surface area contributed by atoms with Crippen LogP contribution in [0.2, 0.25) is 5.02 Å². The van der Waals surface area contributed by atoms with Gasteiger partial charge in [-0.15, -0.1) is 0 Å².